The largest absolute Gasteiger partial charge is 0.444 e. The monoisotopic (exact) mass is 333 g/mol. The van der Waals surface area contributed by atoms with Crippen LogP contribution in [0.2, 0.25) is 0 Å². The average molecular weight is 333 g/mol. The highest BCUT2D eigenvalue weighted by Crippen LogP contribution is 2.25. The van der Waals surface area contributed by atoms with Crippen molar-refractivity contribution >= 4 is 6.09 Å². The Morgan fingerprint density at radius 1 is 1.33 bits per heavy atom. The quantitative estimate of drug-likeness (QED) is 0.900. The third kappa shape index (κ3) is 5.49. The number of nitrogens with two attached hydrogens (primary N) is 1. The average Bonchev–Trinajstić information content (AvgIpc) is 2.88. The summed E-state index contributed by atoms with van der Waals surface area (Å²) in [6, 6.07) is 10.8. The molecule has 5 nitrogen and oxygen atoms in total. The molecule has 24 heavy (non-hydrogen) atoms. The summed E-state index contributed by atoms with van der Waals surface area (Å²) in [6.45, 7) is 8.90. The Balaban J connectivity index is 1.90. The summed E-state index contributed by atoms with van der Waals surface area (Å²) < 4.78 is 5.43. The Kier molecular flexibility index (Phi) is 6.24. The van der Waals surface area contributed by atoms with Crippen LogP contribution in [0.3, 0.4) is 0 Å². The first-order valence-electron chi connectivity index (χ1n) is 8.70. The first kappa shape index (κ1) is 18.7. The van der Waals surface area contributed by atoms with E-state index < -0.39 is 5.60 Å². The number of likely N-dealkylation sites (tertiary alicyclic amines) is 1. The Morgan fingerprint density at radius 2 is 2.00 bits per heavy atom. The summed E-state index contributed by atoms with van der Waals surface area (Å²) in [5.74, 6) is 0.430. The fourth-order valence-corrected chi connectivity index (χ4v) is 3.28. The van der Waals surface area contributed by atoms with Gasteiger partial charge in [0.2, 0.25) is 0 Å². The highest BCUT2D eigenvalue weighted by Gasteiger charge is 2.33. The molecule has 0 aliphatic carbocycles. The molecule has 0 saturated carbocycles. The molecule has 0 aromatic heterocycles. The number of carbonyl (C=O) groups is 1. The standard InChI is InChI=1S/C19H31N3O2/c1-19(2,3)24-18(23)21(4)12-16-10-17(11-20)22(14-16)13-15-8-6-5-7-9-15/h5-9,16-17H,10-14,20H2,1-4H3/t16-,17+/m1/s1. The van der Waals surface area contributed by atoms with Gasteiger partial charge >= 0.3 is 6.09 Å². The van der Waals surface area contributed by atoms with Gasteiger partial charge in [0, 0.05) is 39.3 Å². The Labute approximate surface area is 145 Å². The van der Waals surface area contributed by atoms with Crippen molar-refractivity contribution in [2.75, 3.05) is 26.7 Å². The lowest BCUT2D eigenvalue weighted by atomic mass is 10.1. The van der Waals surface area contributed by atoms with E-state index in [9.17, 15) is 4.79 Å². The van der Waals surface area contributed by atoms with Gasteiger partial charge in [-0.25, -0.2) is 4.79 Å². The molecule has 1 aliphatic rings. The second-order valence-corrected chi connectivity index (χ2v) is 7.77. The summed E-state index contributed by atoms with van der Waals surface area (Å²) in [7, 11) is 1.81. The maximum absolute atomic E-state index is 12.1. The van der Waals surface area contributed by atoms with Crippen molar-refractivity contribution in [1.29, 1.82) is 0 Å². The first-order valence-corrected chi connectivity index (χ1v) is 8.70. The molecule has 0 unspecified atom stereocenters. The van der Waals surface area contributed by atoms with Crippen LogP contribution in [-0.4, -0.2) is 54.2 Å². The van der Waals surface area contributed by atoms with E-state index in [1.807, 2.05) is 33.9 Å². The molecule has 0 radical (unpaired) electrons. The van der Waals surface area contributed by atoms with Crippen molar-refractivity contribution in [3.05, 3.63) is 35.9 Å². The smallest absolute Gasteiger partial charge is 0.410 e. The van der Waals surface area contributed by atoms with Gasteiger partial charge in [0.25, 0.3) is 0 Å². The van der Waals surface area contributed by atoms with Gasteiger partial charge in [-0.1, -0.05) is 30.3 Å². The van der Waals surface area contributed by atoms with Crippen LogP contribution in [0, 0.1) is 5.92 Å². The maximum Gasteiger partial charge on any atom is 0.410 e. The van der Waals surface area contributed by atoms with Crippen LogP contribution in [0.4, 0.5) is 4.79 Å². The molecular formula is C19H31N3O2. The van der Waals surface area contributed by atoms with Crippen LogP contribution in [-0.2, 0) is 11.3 Å². The van der Waals surface area contributed by atoms with Crippen molar-refractivity contribution in [1.82, 2.24) is 9.80 Å². The van der Waals surface area contributed by atoms with Crippen molar-refractivity contribution in [2.45, 2.75) is 45.4 Å². The van der Waals surface area contributed by atoms with Gasteiger partial charge in [0.05, 0.1) is 0 Å². The molecule has 0 spiro atoms. The number of ether oxygens (including phenoxy) is 1. The number of nitrogens with zero attached hydrogens (tertiary/aromatic N) is 2. The maximum atomic E-state index is 12.1. The Bertz CT molecular complexity index is 527. The third-order valence-corrected chi connectivity index (χ3v) is 4.35. The van der Waals surface area contributed by atoms with Crippen molar-refractivity contribution in [2.24, 2.45) is 11.7 Å². The van der Waals surface area contributed by atoms with E-state index in [0.29, 0.717) is 25.0 Å². The second-order valence-electron chi connectivity index (χ2n) is 7.77. The van der Waals surface area contributed by atoms with E-state index in [1.54, 1.807) is 4.90 Å². The molecule has 1 aromatic carbocycles. The van der Waals surface area contributed by atoms with Crippen molar-refractivity contribution in [3.8, 4) is 0 Å². The summed E-state index contributed by atoms with van der Waals surface area (Å²) in [6.07, 6.45) is 0.768. The van der Waals surface area contributed by atoms with Crippen LogP contribution in [0.5, 0.6) is 0 Å². The molecule has 1 saturated heterocycles. The van der Waals surface area contributed by atoms with E-state index in [-0.39, 0.29) is 6.09 Å². The van der Waals surface area contributed by atoms with Crippen LogP contribution in [0.1, 0.15) is 32.8 Å². The molecule has 0 bridgehead atoms. The van der Waals surface area contributed by atoms with Crippen molar-refractivity contribution < 1.29 is 9.53 Å². The molecule has 2 atom stereocenters. The minimum atomic E-state index is -0.458. The minimum absolute atomic E-state index is 0.256. The fourth-order valence-electron chi connectivity index (χ4n) is 3.28. The van der Waals surface area contributed by atoms with Crippen LogP contribution >= 0.6 is 0 Å². The molecule has 5 heteroatoms. The summed E-state index contributed by atoms with van der Waals surface area (Å²) in [4.78, 5) is 16.3. The molecule has 1 amide bonds. The van der Waals surface area contributed by atoms with Crippen LogP contribution in [0.25, 0.3) is 0 Å². The summed E-state index contributed by atoms with van der Waals surface area (Å²) in [5, 5.41) is 0. The number of rotatable bonds is 5. The SMILES string of the molecule is CN(C[C@H]1C[C@@H](CN)N(Cc2ccccc2)C1)C(=O)OC(C)(C)C. The van der Waals surface area contributed by atoms with Gasteiger partial charge in [-0.2, -0.15) is 0 Å². The van der Waals surface area contributed by atoms with Gasteiger partial charge in [-0.15, -0.1) is 0 Å². The van der Waals surface area contributed by atoms with Crippen molar-refractivity contribution in [3.63, 3.8) is 0 Å². The first-order chi connectivity index (χ1) is 11.3. The number of carbonyl (C=O) groups excluding carboxylic acids is 1. The Morgan fingerprint density at radius 3 is 2.58 bits per heavy atom. The van der Waals surface area contributed by atoms with E-state index in [4.69, 9.17) is 10.5 Å². The van der Waals surface area contributed by atoms with Gasteiger partial charge in [0.1, 0.15) is 5.60 Å². The van der Waals surface area contributed by atoms with Gasteiger partial charge < -0.3 is 15.4 Å². The normalized spacial score (nSPS) is 21.7. The topological polar surface area (TPSA) is 58.8 Å². The van der Waals surface area contributed by atoms with E-state index >= 15 is 0 Å². The minimum Gasteiger partial charge on any atom is -0.444 e. The number of amides is 1. The van der Waals surface area contributed by atoms with E-state index in [2.05, 4.69) is 29.2 Å². The number of hydrogen-bond donors (Lipinski definition) is 1. The lowest BCUT2D eigenvalue weighted by Gasteiger charge is -2.26. The fraction of sp³-hybridized carbons (Fsp3) is 0.632. The Hall–Kier alpha value is -1.59. The molecule has 134 valence electrons. The molecule has 1 aliphatic heterocycles. The predicted molar refractivity (Wildman–Crippen MR) is 96.7 cm³/mol. The van der Waals surface area contributed by atoms with Crippen LogP contribution < -0.4 is 5.73 Å². The van der Waals surface area contributed by atoms with E-state index in [1.165, 1.54) is 5.56 Å². The zero-order chi connectivity index (χ0) is 17.7. The molecule has 2 rings (SSSR count). The van der Waals surface area contributed by atoms with Crippen LogP contribution in [0.15, 0.2) is 30.3 Å². The highest BCUT2D eigenvalue weighted by atomic mass is 16.6. The lowest BCUT2D eigenvalue weighted by Crippen LogP contribution is -2.37. The summed E-state index contributed by atoms with van der Waals surface area (Å²) >= 11 is 0. The zero-order valence-corrected chi connectivity index (χ0v) is 15.4. The van der Waals surface area contributed by atoms with Gasteiger partial charge in [-0.3, -0.25) is 4.90 Å². The number of benzene rings is 1. The summed E-state index contributed by atoms with van der Waals surface area (Å²) in [5.41, 5.74) is 6.81. The van der Waals surface area contributed by atoms with Gasteiger partial charge in [0.15, 0.2) is 0 Å². The molecule has 1 heterocycles. The second kappa shape index (κ2) is 7.99. The van der Waals surface area contributed by atoms with E-state index in [0.717, 1.165) is 19.5 Å². The van der Waals surface area contributed by atoms with Gasteiger partial charge in [-0.05, 0) is 38.7 Å². The molecule has 1 aromatic rings. The lowest BCUT2D eigenvalue weighted by molar-refractivity contribution is 0.0274. The molecule has 1 fully saturated rings. The predicted octanol–water partition coefficient (Wildman–Crippen LogP) is 2.70. The molecule has 2 N–H and O–H groups in total. The third-order valence-electron chi connectivity index (χ3n) is 4.35. The zero-order valence-electron chi connectivity index (χ0n) is 15.4. The highest BCUT2D eigenvalue weighted by molar-refractivity contribution is 5.67. The number of hydrogen-bond acceptors (Lipinski definition) is 4. The molecular weight excluding hydrogens is 302 g/mol.